The summed E-state index contributed by atoms with van der Waals surface area (Å²) >= 11 is 0. The summed E-state index contributed by atoms with van der Waals surface area (Å²) in [5.41, 5.74) is 8.67. The summed E-state index contributed by atoms with van der Waals surface area (Å²) < 4.78 is 0. The van der Waals surface area contributed by atoms with Gasteiger partial charge in [-0.3, -0.25) is 0 Å². The van der Waals surface area contributed by atoms with Crippen LogP contribution in [0.2, 0.25) is 0 Å². The first-order valence-electron chi connectivity index (χ1n) is 6.91. The van der Waals surface area contributed by atoms with Gasteiger partial charge in [-0.05, 0) is 44.1 Å². The van der Waals surface area contributed by atoms with Crippen LogP contribution in [0.25, 0.3) is 0 Å². The first kappa shape index (κ1) is 11.1. The molecule has 3 heteroatoms. The fourth-order valence-corrected chi connectivity index (χ4v) is 2.33. The normalized spacial score (nSPS) is 21.5. The highest BCUT2D eigenvalue weighted by Crippen LogP contribution is 2.41. The van der Waals surface area contributed by atoms with Crippen molar-refractivity contribution in [2.24, 2.45) is 11.7 Å². The van der Waals surface area contributed by atoms with Crippen molar-refractivity contribution in [3.05, 3.63) is 23.3 Å². The van der Waals surface area contributed by atoms with Crippen LogP contribution in [0.3, 0.4) is 0 Å². The van der Waals surface area contributed by atoms with Crippen LogP contribution in [-0.2, 0) is 6.42 Å². The van der Waals surface area contributed by atoms with Crippen LogP contribution >= 0.6 is 0 Å². The van der Waals surface area contributed by atoms with Crippen molar-refractivity contribution in [1.82, 2.24) is 9.97 Å². The molecule has 1 atom stereocenters. The van der Waals surface area contributed by atoms with Crippen molar-refractivity contribution in [1.29, 1.82) is 0 Å². The van der Waals surface area contributed by atoms with Gasteiger partial charge in [-0.25, -0.2) is 9.97 Å². The second kappa shape index (κ2) is 4.37. The number of nitrogens with zero attached hydrogens (tertiary/aromatic N) is 2. The molecule has 1 aromatic heterocycles. The van der Waals surface area contributed by atoms with Gasteiger partial charge in [0.25, 0.3) is 0 Å². The Kier molecular flexibility index (Phi) is 2.87. The average molecular weight is 231 g/mol. The molecule has 92 valence electrons. The van der Waals surface area contributed by atoms with Gasteiger partial charge in [-0.15, -0.1) is 0 Å². The van der Waals surface area contributed by atoms with E-state index in [4.69, 9.17) is 10.7 Å². The third kappa shape index (κ3) is 2.49. The monoisotopic (exact) mass is 231 g/mol. The molecule has 0 bridgehead atoms. The molecule has 2 fully saturated rings. The minimum Gasteiger partial charge on any atom is -0.321 e. The number of aryl methyl sites for hydroxylation is 1. The van der Waals surface area contributed by atoms with Gasteiger partial charge < -0.3 is 5.73 Å². The van der Waals surface area contributed by atoms with Gasteiger partial charge in [-0.1, -0.05) is 13.3 Å². The Bertz CT molecular complexity index is 408. The third-order valence-electron chi connectivity index (χ3n) is 3.75. The molecule has 0 amide bonds. The second-order valence-corrected chi connectivity index (χ2v) is 5.53. The third-order valence-corrected chi connectivity index (χ3v) is 3.75. The molecule has 0 aromatic carbocycles. The molecule has 1 unspecified atom stereocenters. The Morgan fingerprint density at radius 1 is 1.29 bits per heavy atom. The van der Waals surface area contributed by atoms with E-state index in [9.17, 15) is 0 Å². The van der Waals surface area contributed by atoms with Crippen LogP contribution in [0.1, 0.15) is 68.2 Å². The molecule has 0 saturated heterocycles. The first-order chi connectivity index (χ1) is 8.28. The summed E-state index contributed by atoms with van der Waals surface area (Å²) in [6.07, 6.45) is 7.27. The van der Waals surface area contributed by atoms with Crippen molar-refractivity contribution in [3.63, 3.8) is 0 Å². The van der Waals surface area contributed by atoms with E-state index in [0.717, 1.165) is 18.7 Å². The fraction of sp³-hybridized carbons (Fsp3) is 0.714. The molecule has 2 N–H and O–H groups in total. The summed E-state index contributed by atoms with van der Waals surface area (Å²) in [7, 11) is 0. The topological polar surface area (TPSA) is 51.8 Å². The molecule has 2 aliphatic carbocycles. The lowest BCUT2D eigenvalue weighted by atomic mass is 10.1. The average Bonchev–Trinajstić information content (AvgIpc) is 3.19. The standard InChI is InChI=1S/C14H21N3/c1-2-3-11-8-12(9-4-5-9)17-14(16-11)13(15)10-6-7-10/h8-10,13H,2-7,15H2,1H3. The lowest BCUT2D eigenvalue weighted by Gasteiger charge is -2.12. The number of hydrogen-bond donors (Lipinski definition) is 1. The molecule has 2 aliphatic rings. The molecule has 1 heterocycles. The maximum Gasteiger partial charge on any atom is 0.145 e. The van der Waals surface area contributed by atoms with Crippen LogP contribution in [0.5, 0.6) is 0 Å². The quantitative estimate of drug-likeness (QED) is 0.847. The van der Waals surface area contributed by atoms with E-state index in [1.54, 1.807) is 0 Å². The second-order valence-electron chi connectivity index (χ2n) is 5.53. The summed E-state index contributed by atoms with van der Waals surface area (Å²) in [5, 5.41) is 0. The van der Waals surface area contributed by atoms with E-state index in [2.05, 4.69) is 18.0 Å². The van der Waals surface area contributed by atoms with Crippen molar-refractivity contribution in [2.75, 3.05) is 0 Å². The van der Waals surface area contributed by atoms with Crippen molar-refractivity contribution in [2.45, 2.75) is 57.4 Å². The predicted octanol–water partition coefficient (Wildman–Crippen LogP) is 2.72. The zero-order chi connectivity index (χ0) is 11.8. The van der Waals surface area contributed by atoms with Gasteiger partial charge >= 0.3 is 0 Å². The summed E-state index contributed by atoms with van der Waals surface area (Å²) in [6.45, 7) is 2.19. The molecule has 3 nitrogen and oxygen atoms in total. The molecular weight excluding hydrogens is 210 g/mol. The molecular formula is C14H21N3. The van der Waals surface area contributed by atoms with Gasteiger partial charge in [0.2, 0.25) is 0 Å². The highest BCUT2D eigenvalue weighted by Gasteiger charge is 2.33. The van der Waals surface area contributed by atoms with Crippen molar-refractivity contribution < 1.29 is 0 Å². The largest absolute Gasteiger partial charge is 0.321 e. The number of aromatic nitrogens is 2. The summed E-state index contributed by atoms with van der Waals surface area (Å²) in [4.78, 5) is 9.36. The van der Waals surface area contributed by atoms with E-state index in [0.29, 0.717) is 11.8 Å². The van der Waals surface area contributed by atoms with Crippen LogP contribution in [-0.4, -0.2) is 9.97 Å². The fourth-order valence-electron chi connectivity index (χ4n) is 2.33. The molecule has 3 rings (SSSR count). The van der Waals surface area contributed by atoms with Crippen LogP contribution < -0.4 is 5.73 Å². The van der Waals surface area contributed by atoms with Crippen LogP contribution in [0.4, 0.5) is 0 Å². The van der Waals surface area contributed by atoms with E-state index < -0.39 is 0 Å². The highest BCUT2D eigenvalue weighted by molar-refractivity contribution is 5.21. The zero-order valence-corrected chi connectivity index (χ0v) is 10.5. The van der Waals surface area contributed by atoms with E-state index in [1.165, 1.54) is 37.1 Å². The van der Waals surface area contributed by atoms with Gasteiger partial charge in [-0.2, -0.15) is 0 Å². The first-order valence-corrected chi connectivity index (χ1v) is 6.91. The van der Waals surface area contributed by atoms with Crippen molar-refractivity contribution in [3.8, 4) is 0 Å². The number of hydrogen-bond acceptors (Lipinski definition) is 3. The minimum atomic E-state index is 0.0734. The molecule has 1 aromatic rings. The van der Waals surface area contributed by atoms with Gasteiger partial charge in [0.1, 0.15) is 5.82 Å². The molecule has 0 radical (unpaired) electrons. The van der Waals surface area contributed by atoms with Gasteiger partial charge in [0.15, 0.2) is 0 Å². The Labute approximate surface area is 103 Å². The zero-order valence-electron chi connectivity index (χ0n) is 10.5. The summed E-state index contributed by atoms with van der Waals surface area (Å²) in [5.74, 6) is 2.23. The Morgan fingerprint density at radius 3 is 2.65 bits per heavy atom. The maximum absolute atomic E-state index is 6.23. The minimum absolute atomic E-state index is 0.0734. The van der Waals surface area contributed by atoms with E-state index >= 15 is 0 Å². The Balaban J connectivity index is 1.89. The smallest absolute Gasteiger partial charge is 0.145 e. The van der Waals surface area contributed by atoms with E-state index in [-0.39, 0.29) is 6.04 Å². The number of nitrogens with two attached hydrogens (primary N) is 1. The van der Waals surface area contributed by atoms with Crippen LogP contribution in [0, 0.1) is 5.92 Å². The molecule has 2 saturated carbocycles. The highest BCUT2D eigenvalue weighted by atomic mass is 15.0. The lowest BCUT2D eigenvalue weighted by molar-refractivity contribution is 0.583. The Morgan fingerprint density at radius 2 is 2.06 bits per heavy atom. The molecule has 0 spiro atoms. The van der Waals surface area contributed by atoms with Crippen molar-refractivity contribution >= 4 is 0 Å². The summed E-state index contributed by atoms with van der Waals surface area (Å²) in [6, 6.07) is 2.27. The molecule has 17 heavy (non-hydrogen) atoms. The number of rotatable bonds is 5. The predicted molar refractivity (Wildman–Crippen MR) is 67.7 cm³/mol. The van der Waals surface area contributed by atoms with Gasteiger partial charge in [0.05, 0.1) is 6.04 Å². The molecule has 0 aliphatic heterocycles. The van der Waals surface area contributed by atoms with Crippen LogP contribution in [0.15, 0.2) is 6.07 Å². The maximum atomic E-state index is 6.23. The SMILES string of the molecule is CCCc1cc(C2CC2)nc(C(N)C2CC2)n1. The van der Waals surface area contributed by atoms with E-state index in [1.807, 2.05) is 0 Å². The Hall–Kier alpha value is -0.960. The lowest BCUT2D eigenvalue weighted by Crippen LogP contribution is -2.17. The van der Waals surface area contributed by atoms with Gasteiger partial charge in [0, 0.05) is 17.3 Å².